The van der Waals surface area contributed by atoms with Crippen LogP contribution < -0.4 is 16.8 Å². The van der Waals surface area contributed by atoms with Crippen LogP contribution in [0, 0.1) is 0 Å². The van der Waals surface area contributed by atoms with Gasteiger partial charge in [-0.05, 0) is 6.92 Å². The molecular formula is C4H11N3O. The topological polar surface area (TPSA) is 81.1 Å². The summed E-state index contributed by atoms with van der Waals surface area (Å²) in [6, 6.07) is -0.460. The predicted molar refractivity (Wildman–Crippen MR) is 30.8 cm³/mol. The summed E-state index contributed by atoms with van der Waals surface area (Å²) >= 11 is 0. The van der Waals surface area contributed by atoms with Crippen molar-refractivity contribution in [1.82, 2.24) is 5.32 Å². The van der Waals surface area contributed by atoms with Gasteiger partial charge in [-0.2, -0.15) is 0 Å². The molecule has 48 valence electrons. The zero-order valence-electron chi connectivity index (χ0n) is 4.85. The van der Waals surface area contributed by atoms with Crippen molar-refractivity contribution in [2.75, 3.05) is 6.67 Å². The molecule has 1 amide bonds. The zero-order chi connectivity index (χ0) is 6.57. The summed E-state index contributed by atoms with van der Waals surface area (Å²) in [5.74, 6) is -0.215. The molecule has 4 heteroatoms. The summed E-state index contributed by atoms with van der Waals surface area (Å²) in [5.41, 5.74) is 10.1. The van der Waals surface area contributed by atoms with Gasteiger partial charge in [0.2, 0.25) is 5.91 Å². The van der Waals surface area contributed by atoms with Gasteiger partial charge < -0.3 is 16.8 Å². The van der Waals surface area contributed by atoms with Crippen LogP contribution in [-0.4, -0.2) is 18.6 Å². The van der Waals surface area contributed by atoms with Crippen molar-refractivity contribution in [2.45, 2.75) is 13.0 Å². The summed E-state index contributed by atoms with van der Waals surface area (Å²) in [7, 11) is 0. The van der Waals surface area contributed by atoms with E-state index in [1.165, 1.54) is 0 Å². The lowest BCUT2D eigenvalue weighted by Crippen LogP contribution is -2.40. The Balaban J connectivity index is 3.33. The minimum Gasteiger partial charge on any atom is -0.342 e. The average Bonchev–Trinajstić information content (AvgIpc) is 1.67. The summed E-state index contributed by atoms with van der Waals surface area (Å²) < 4.78 is 0. The summed E-state index contributed by atoms with van der Waals surface area (Å²) in [4.78, 5) is 10.4. The van der Waals surface area contributed by atoms with Gasteiger partial charge in [-0.15, -0.1) is 0 Å². The van der Waals surface area contributed by atoms with E-state index in [4.69, 9.17) is 11.5 Å². The third-order valence-electron chi connectivity index (χ3n) is 0.690. The third-order valence-corrected chi connectivity index (χ3v) is 0.690. The first-order chi connectivity index (χ1) is 3.68. The van der Waals surface area contributed by atoms with E-state index in [0.717, 1.165) is 0 Å². The molecule has 0 saturated heterocycles. The molecule has 0 aliphatic heterocycles. The van der Waals surface area contributed by atoms with Gasteiger partial charge in [0.05, 0.1) is 12.7 Å². The molecule has 0 radical (unpaired) electrons. The number of rotatable bonds is 2. The fourth-order valence-electron chi connectivity index (χ4n) is 0.262. The van der Waals surface area contributed by atoms with Crippen molar-refractivity contribution >= 4 is 5.91 Å². The van der Waals surface area contributed by atoms with E-state index in [2.05, 4.69) is 5.32 Å². The van der Waals surface area contributed by atoms with E-state index in [1.807, 2.05) is 0 Å². The van der Waals surface area contributed by atoms with Crippen LogP contribution in [0.3, 0.4) is 0 Å². The van der Waals surface area contributed by atoms with Crippen LogP contribution in [0.25, 0.3) is 0 Å². The molecule has 0 fully saturated rings. The molecule has 0 rings (SSSR count). The van der Waals surface area contributed by atoms with Crippen LogP contribution in [0.2, 0.25) is 0 Å². The number of amides is 1. The molecule has 0 aromatic carbocycles. The van der Waals surface area contributed by atoms with Crippen LogP contribution >= 0.6 is 0 Å². The van der Waals surface area contributed by atoms with E-state index in [0.29, 0.717) is 0 Å². The molecule has 0 spiro atoms. The van der Waals surface area contributed by atoms with Crippen LogP contribution in [0.15, 0.2) is 0 Å². The fraction of sp³-hybridized carbons (Fsp3) is 0.750. The Morgan fingerprint density at radius 3 is 2.50 bits per heavy atom. The molecule has 8 heavy (non-hydrogen) atoms. The van der Waals surface area contributed by atoms with Crippen LogP contribution in [0.1, 0.15) is 6.92 Å². The van der Waals surface area contributed by atoms with E-state index in [1.54, 1.807) is 6.92 Å². The Labute approximate surface area is 48.2 Å². The second-order valence-electron chi connectivity index (χ2n) is 1.53. The maximum absolute atomic E-state index is 10.4. The molecule has 0 aliphatic rings. The van der Waals surface area contributed by atoms with E-state index >= 15 is 0 Å². The second kappa shape index (κ2) is 3.40. The van der Waals surface area contributed by atoms with Gasteiger partial charge in [0.15, 0.2) is 0 Å². The quantitative estimate of drug-likeness (QED) is 0.380. The van der Waals surface area contributed by atoms with Gasteiger partial charge in [-0.25, -0.2) is 0 Å². The molecule has 0 unspecified atom stereocenters. The molecule has 1 atom stereocenters. The number of carbonyl (C=O) groups excluding carboxylic acids is 1. The molecule has 0 heterocycles. The Bertz CT molecular complexity index is 81.4. The van der Waals surface area contributed by atoms with Crippen LogP contribution in [0.4, 0.5) is 0 Å². The SMILES string of the molecule is C[C@H](N)C(=O)NCN. The first-order valence-electron chi connectivity index (χ1n) is 2.42. The molecule has 0 bridgehead atoms. The number of carbonyl (C=O) groups is 1. The number of nitrogens with two attached hydrogens (primary N) is 2. The molecule has 0 aromatic rings. The van der Waals surface area contributed by atoms with Gasteiger partial charge in [-0.1, -0.05) is 0 Å². The van der Waals surface area contributed by atoms with Crippen molar-refractivity contribution in [1.29, 1.82) is 0 Å². The lowest BCUT2D eigenvalue weighted by atomic mass is 10.3. The summed E-state index contributed by atoms with van der Waals surface area (Å²) in [6.45, 7) is 1.76. The lowest BCUT2D eigenvalue weighted by Gasteiger charge is -2.02. The Morgan fingerprint density at radius 2 is 2.38 bits per heavy atom. The molecule has 4 nitrogen and oxygen atoms in total. The predicted octanol–water partition coefficient (Wildman–Crippen LogP) is -1.63. The number of hydrogen-bond acceptors (Lipinski definition) is 3. The van der Waals surface area contributed by atoms with Crippen LogP contribution in [-0.2, 0) is 4.79 Å². The number of hydrogen-bond donors (Lipinski definition) is 3. The first kappa shape index (κ1) is 7.39. The van der Waals surface area contributed by atoms with Crippen LogP contribution in [0.5, 0.6) is 0 Å². The largest absolute Gasteiger partial charge is 0.342 e. The molecule has 0 aliphatic carbocycles. The van der Waals surface area contributed by atoms with Crippen molar-refractivity contribution in [3.05, 3.63) is 0 Å². The Kier molecular flexibility index (Phi) is 3.14. The highest BCUT2D eigenvalue weighted by Crippen LogP contribution is 1.70. The van der Waals surface area contributed by atoms with Gasteiger partial charge in [0.25, 0.3) is 0 Å². The minimum atomic E-state index is -0.460. The van der Waals surface area contributed by atoms with E-state index in [-0.39, 0.29) is 12.6 Å². The van der Waals surface area contributed by atoms with Gasteiger partial charge in [-0.3, -0.25) is 4.79 Å². The lowest BCUT2D eigenvalue weighted by molar-refractivity contribution is -0.121. The highest BCUT2D eigenvalue weighted by molar-refractivity contribution is 5.80. The molecule has 0 saturated carbocycles. The zero-order valence-corrected chi connectivity index (χ0v) is 4.85. The second-order valence-corrected chi connectivity index (χ2v) is 1.53. The Hall–Kier alpha value is -0.610. The summed E-state index contributed by atoms with van der Waals surface area (Å²) in [6.07, 6.45) is 0. The molecule has 0 aromatic heterocycles. The molecular weight excluding hydrogens is 106 g/mol. The van der Waals surface area contributed by atoms with E-state index < -0.39 is 6.04 Å². The highest BCUT2D eigenvalue weighted by atomic mass is 16.2. The van der Waals surface area contributed by atoms with Crippen molar-refractivity contribution in [2.24, 2.45) is 11.5 Å². The van der Waals surface area contributed by atoms with Gasteiger partial charge in [0.1, 0.15) is 0 Å². The number of nitrogens with one attached hydrogen (secondary N) is 1. The highest BCUT2D eigenvalue weighted by Gasteiger charge is 2.02. The average molecular weight is 117 g/mol. The normalized spacial score (nSPS) is 12.9. The van der Waals surface area contributed by atoms with Crippen molar-refractivity contribution in [3.8, 4) is 0 Å². The van der Waals surface area contributed by atoms with Crippen molar-refractivity contribution in [3.63, 3.8) is 0 Å². The maximum Gasteiger partial charge on any atom is 0.237 e. The summed E-state index contributed by atoms with van der Waals surface area (Å²) in [5, 5.41) is 2.36. The fourth-order valence-corrected chi connectivity index (χ4v) is 0.262. The monoisotopic (exact) mass is 117 g/mol. The van der Waals surface area contributed by atoms with Gasteiger partial charge >= 0.3 is 0 Å². The standard InChI is InChI=1S/C4H11N3O/c1-3(6)4(8)7-2-5/h3H,2,5-6H2,1H3,(H,7,8)/t3-/m0/s1. The van der Waals surface area contributed by atoms with Crippen molar-refractivity contribution < 1.29 is 4.79 Å². The smallest absolute Gasteiger partial charge is 0.237 e. The van der Waals surface area contributed by atoms with E-state index in [9.17, 15) is 4.79 Å². The maximum atomic E-state index is 10.4. The molecule has 5 N–H and O–H groups in total. The first-order valence-corrected chi connectivity index (χ1v) is 2.42. The van der Waals surface area contributed by atoms with Gasteiger partial charge in [0, 0.05) is 0 Å². The Morgan fingerprint density at radius 1 is 1.88 bits per heavy atom. The third kappa shape index (κ3) is 2.54. The minimum absolute atomic E-state index is 0.153.